The Hall–Kier alpha value is -1.14. The Morgan fingerprint density at radius 1 is 1.43 bits per heavy atom. The van der Waals surface area contributed by atoms with Crippen molar-refractivity contribution < 1.29 is 24.5 Å². The van der Waals surface area contributed by atoms with Gasteiger partial charge in [0, 0.05) is 0 Å². The Bertz CT molecular complexity index is 330. The highest BCUT2D eigenvalue weighted by Crippen LogP contribution is 2.45. The van der Waals surface area contributed by atoms with E-state index in [-0.39, 0.29) is 6.04 Å². The molecule has 3 N–H and O–H groups in total. The van der Waals surface area contributed by atoms with Crippen LogP contribution in [0, 0.1) is 11.8 Å². The van der Waals surface area contributed by atoms with Gasteiger partial charge in [-0.1, -0.05) is 0 Å². The van der Waals surface area contributed by atoms with E-state index in [0.717, 1.165) is 0 Å². The molecule has 0 aromatic carbocycles. The molecule has 0 amide bonds. The van der Waals surface area contributed by atoms with Crippen molar-refractivity contribution in [3.8, 4) is 0 Å². The maximum atomic E-state index is 11.3. The van der Waals surface area contributed by atoms with Gasteiger partial charge in [0.15, 0.2) is 0 Å². The molecule has 6 unspecified atom stereocenters. The van der Waals surface area contributed by atoms with E-state index >= 15 is 0 Å². The van der Waals surface area contributed by atoms with Crippen molar-refractivity contribution in [1.82, 2.24) is 5.32 Å². The third-order valence-corrected chi connectivity index (χ3v) is 3.41. The molecule has 3 heterocycles. The van der Waals surface area contributed by atoms with Crippen molar-refractivity contribution in [3.63, 3.8) is 0 Å². The van der Waals surface area contributed by atoms with Gasteiger partial charge in [-0.15, -0.1) is 0 Å². The van der Waals surface area contributed by atoms with Crippen molar-refractivity contribution in [3.05, 3.63) is 0 Å². The minimum atomic E-state index is -1.05. The zero-order chi connectivity index (χ0) is 10.0. The third-order valence-electron chi connectivity index (χ3n) is 3.41. The van der Waals surface area contributed by atoms with Crippen molar-refractivity contribution >= 4 is 11.9 Å². The minimum Gasteiger partial charge on any atom is -0.481 e. The first-order valence-electron chi connectivity index (χ1n) is 4.48. The topological polar surface area (TPSA) is 95.9 Å². The van der Waals surface area contributed by atoms with Gasteiger partial charge in [0.25, 0.3) is 0 Å². The number of carboxylic acids is 1. The van der Waals surface area contributed by atoms with E-state index in [0.29, 0.717) is 0 Å². The first-order valence-corrected chi connectivity index (χ1v) is 4.48. The molecule has 6 atom stereocenters. The van der Waals surface area contributed by atoms with Gasteiger partial charge in [0.2, 0.25) is 0 Å². The van der Waals surface area contributed by atoms with Crippen LogP contribution in [0.5, 0.6) is 0 Å². The van der Waals surface area contributed by atoms with Crippen LogP contribution in [-0.4, -0.2) is 46.4 Å². The summed E-state index contributed by atoms with van der Waals surface area (Å²) in [5, 5.41) is 21.5. The zero-order valence-corrected chi connectivity index (χ0v) is 7.08. The van der Waals surface area contributed by atoms with E-state index in [1.165, 1.54) is 0 Å². The van der Waals surface area contributed by atoms with Crippen LogP contribution in [-0.2, 0) is 14.3 Å². The summed E-state index contributed by atoms with van der Waals surface area (Å²) in [6.45, 7) is 0. The quantitative estimate of drug-likeness (QED) is 0.420. The lowest BCUT2D eigenvalue weighted by atomic mass is 9.79. The highest BCUT2D eigenvalue weighted by Gasteiger charge is 2.68. The number of hydrogen-bond donors (Lipinski definition) is 3. The Kier molecular flexibility index (Phi) is 1.32. The molecule has 0 aliphatic carbocycles. The summed E-state index contributed by atoms with van der Waals surface area (Å²) in [6, 6.07) is -0.859. The fourth-order valence-corrected chi connectivity index (χ4v) is 2.86. The maximum Gasteiger partial charge on any atom is 0.312 e. The van der Waals surface area contributed by atoms with Crippen LogP contribution >= 0.6 is 0 Å². The standard InChI is InChI=1S/C8H9NO5/c10-5-3-1(7(11)12)2-4(9-3)6(5)14-8(2)13/h1-6,9-10H,(H,11,12). The Morgan fingerprint density at radius 3 is 2.79 bits per heavy atom. The molecule has 6 nitrogen and oxygen atoms in total. The second kappa shape index (κ2) is 2.26. The number of aliphatic hydroxyl groups excluding tert-OH is 1. The second-order valence-electron chi connectivity index (χ2n) is 4.00. The van der Waals surface area contributed by atoms with E-state index in [1.54, 1.807) is 0 Å². The van der Waals surface area contributed by atoms with Gasteiger partial charge < -0.3 is 20.3 Å². The predicted octanol–water partition coefficient (Wildman–Crippen LogP) is -2.06. The highest BCUT2D eigenvalue weighted by molar-refractivity contribution is 5.86. The lowest BCUT2D eigenvalue weighted by molar-refractivity contribution is -0.150. The molecule has 3 saturated heterocycles. The first kappa shape index (κ1) is 8.19. The number of esters is 1. The van der Waals surface area contributed by atoms with Gasteiger partial charge in [0.1, 0.15) is 12.2 Å². The molecule has 0 radical (unpaired) electrons. The molecule has 3 aliphatic heterocycles. The van der Waals surface area contributed by atoms with Crippen molar-refractivity contribution in [2.24, 2.45) is 11.8 Å². The van der Waals surface area contributed by atoms with Gasteiger partial charge in [-0.2, -0.15) is 0 Å². The minimum absolute atomic E-state index is 0.316. The van der Waals surface area contributed by atoms with E-state index < -0.39 is 42.0 Å². The first-order chi connectivity index (χ1) is 6.61. The second-order valence-corrected chi connectivity index (χ2v) is 4.00. The largest absolute Gasteiger partial charge is 0.481 e. The lowest BCUT2D eigenvalue weighted by Crippen LogP contribution is -2.45. The molecule has 0 saturated carbocycles. The molecule has 3 rings (SSSR count). The van der Waals surface area contributed by atoms with E-state index in [2.05, 4.69) is 5.32 Å². The summed E-state index contributed by atoms with van der Waals surface area (Å²) >= 11 is 0. The number of rotatable bonds is 1. The lowest BCUT2D eigenvalue weighted by Gasteiger charge is -2.23. The normalized spacial score (nSPS) is 53.6. The molecular formula is C8H9NO5. The molecule has 0 spiro atoms. The van der Waals surface area contributed by atoms with Crippen molar-refractivity contribution in [2.45, 2.75) is 24.3 Å². The number of nitrogens with one attached hydrogen (secondary N) is 1. The van der Waals surface area contributed by atoms with Crippen LogP contribution < -0.4 is 5.32 Å². The molecule has 3 fully saturated rings. The molecule has 76 valence electrons. The smallest absolute Gasteiger partial charge is 0.312 e. The summed E-state index contributed by atoms with van der Waals surface area (Å²) in [5.41, 5.74) is 0. The number of carbonyl (C=O) groups is 2. The molecule has 3 aliphatic rings. The SMILES string of the molecule is O=C(O)C1C2NC3C(OC(=O)C31)C2O. The number of aliphatic carboxylic acids is 1. The number of fused-ring (bicyclic) bond motifs is 1. The van der Waals surface area contributed by atoms with E-state index in [9.17, 15) is 14.7 Å². The summed E-state index contributed by atoms with van der Waals surface area (Å²) in [5.74, 6) is -3.02. The number of carboxylic acid groups (broad SMARTS) is 1. The van der Waals surface area contributed by atoms with Crippen molar-refractivity contribution in [2.75, 3.05) is 0 Å². The average molecular weight is 199 g/mol. The molecule has 2 bridgehead atoms. The summed E-state index contributed by atoms with van der Waals surface area (Å²) in [4.78, 5) is 22.2. The Balaban J connectivity index is 2.04. The fourth-order valence-electron chi connectivity index (χ4n) is 2.86. The van der Waals surface area contributed by atoms with Gasteiger partial charge in [-0.05, 0) is 0 Å². The third kappa shape index (κ3) is 0.699. The Morgan fingerprint density at radius 2 is 2.14 bits per heavy atom. The van der Waals surface area contributed by atoms with Gasteiger partial charge >= 0.3 is 11.9 Å². The van der Waals surface area contributed by atoms with Crippen LogP contribution in [0.2, 0.25) is 0 Å². The molecule has 0 aromatic heterocycles. The number of aliphatic hydroxyl groups is 1. The zero-order valence-electron chi connectivity index (χ0n) is 7.08. The predicted molar refractivity (Wildman–Crippen MR) is 41.2 cm³/mol. The van der Waals surface area contributed by atoms with E-state index in [4.69, 9.17) is 9.84 Å². The molecular weight excluding hydrogens is 190 g/mol. The fraction of sp³-hybridized carbons (Fsp3) is 0.750. The van der Waals surface area contributed by atoms with Gasteiger partial charge in [-0.25, -0.2) is 0 Å². The van der Waals surface area contributed by atoms with Crippen LogP contribution in [0.1, 0.15) is 0 Å². The van der Waals surface area contributed by atoms with Crippen LogP contribution in [0.3, 0.4) is 0 Å². The maximum absolute atomic E-state index is 11.3. The van der Waals surface area contributed by atoms with Crippen molar-refractivity contribution in [1.29, 1.82) is 0 Å². The number of ether oxygens (including phenoxy) is 1. The van der Waals surface area contributed by atoms with Crippen LogP contribution in [0.15, 0.2) is 0 Å². The molecule has 0 aromatic rings. The van der Waals surface area contributed by atoms with Crippen LogP contribution in [0.4, 0.5) is 0 Å². The van der Waals surface area contributed by atoms with Crippen LogP contribution in [0.25, 0.3) is 0 Å². The number of hydrogen-bond acceptors (Lipinski definition) is 5. The van der Waals surface area contributed by atoms with E-state index in [1.807, 2.05) is 0 Å². The Labute approximate surface area is 78.9 Å². The summed E-state index contributed by atoms with van der Waals surface area (Å²) in [6.07, 6.45) is -1.43. The van der Waals surface area contributed by atoms with Gasteiger partial charge in [-0.3, -0.25) is 9.59 Å². The monoisotopic (exact) mass is 199 g/mol. The molecule has 14 heavy (non-hydrogen) atoms. The highest BCUT2D eigenvalue weighted by atomic mass is 16.6. The van der Waals surface area contributed by atoms with Gasteiger partial charge in [0.05, 0.1) is 23.9 Å². The average Bonchev–Trinajstić information content (AvgIpc) is 2.67. The summed E-state index contributed by atoms with van der Waals surface area (Å²) in [7, 11) is 0. The summed E-state index contributed by atoms with van der Waals surface area (Å²) < 4.78 is 4.92. The molecule has 6 heteroatoms. The number of carbonyl (C=O) groups excluding carboxylic acids is 1.